The summed E-state index contributed by atoms with van der Waals surface area (Å²) in [6, 6.07) is 0. The second-order valence-electron chi connectivity index (χ2n) is 4.44. The molecule has 0 aromatic heterocycles. The van der Waals surface area contributed by atoms with E-state index in [1.807, 2.05) is 0 Å². The van der Waals surface area contributed by atoms with Crippen molar-refractivity contribution in [2.24, 2.45) is 0 Å². The molecule has 2 aliphatic rings. The molecule has 2 saturated carbocycles. The van der Waals surface area contributed by atoms with E-state index in [4.69, 9.17) is 0 Å². The van der Waals surface area contributed by atoms with Crippen molar-refractivity contribution in [2.75, 3.05) is 7.11 Å². The van der Waals surface area contributed by atoms with Gasteiger partial charge < -0.3 is 4.74 Å². The predicted molar refractivity (Wildman–Crippen MR) is 55.2 cm³/mol. The van der Waals surface area contributed by atoms with Crippen molar-refractivity contribution >= 4 is 15.8 Å². The molecule has 0 aromatic carbocycles. The number of sulfone groups is 1. The smallest absolute Gasteiger partial charge is 0.327 e. The van der Waals surface area contributed by atoms with Crippen LogP contribution in [-0.2, 0) is 19.4 Å². The Hall–Kier alpha value is -0.580. The van der Waals surface area contributed by atoms with Crippen molar-refractivity contribution in [3.05, 3.63) is 0 Å². The van der Waals surface area contributed by atoms with Crippen LogP contribution in [0.25, 0.3) is 0 Å². The maximum Gasteiger partial charge on any atom is 0.327 e. The Bertz CT molecular complexity index is 361. The Balaban J connectivity index is 2.25. The van der Waals surface area contributed by atoms with Gasteiger partial charge in [-0.3, -0.25) is 4.79 Å². The minimum atomic E-state index is -3.31. The molecule has 5 heteroatoms. The van der Waals surface area contributed by atoms with Gasteiger partial charge in [0.1, 0.15) is 0 Å². The lowest BCUT2D eigenvalue weighted by Crippen LogP contribution is -2.39. The van der Waals surface area contributed by atoms with Crippen LogP contribution in [-0.4, -0.2) is 31.5 Å². The Morgan fingerprint density at radius 2 is 1.80 bits per heavy atom. The Labute approximate surface area is 89.9 Å². The first-order valence-corrected chi connectivity index (χ1v) is 6.91. The van der Waals surface area contributed by atoms with Crippen LogP contribution in [0.1, 0.15) is 38.5 Å². The maximum atomic E-state index is 12.2. The Morgan fingerprint density at radius 3 is 2.20 bits per heavy atom. The molecule has 0 atom stereocenters. The van der Waals surface area contributed by atoms with Gasteiger partial charge in [0, 0.05) is 0 Å². The van der Waals surface area contributed by atoms with Gasteiger partial charge in [-0.25, -0.2) is 8.42 Å². The van der Waals surface area contributed by atoms with E-state index in [0.717, 1.165) is 12.8 Å². The molecule has 86 valence electrons. The lowest BCUT2D eigenvalue weighted by atomic mass is 10.4. The second-order valence-corrected chi connectivity index (χ2v) is 6.98. The molecule has 0 aliphatic heterocycles. The quantitative estimate of drug-likeness (QED) is 0.682. The Kier molecular flexibility index (Phi) is 2.53. The highest BCUT2D eigenvalue weighted by molar-refractivity contribution is 7.94. The fourth-order valence-corrected chi connectivity index (χ4v) is 5.00. The number of methoxy groups -OCH3 is 1. The van der Waals surface area contributed by atoms with Gasteiger partial charge in [0.2, 0.25) is 0 Å². The Morgan fingerprint density at radius 1 is 1.27 bits per heavy atom. The van der Waals surface area contributed by atoms with Crippen LogP contribution in [0.15, 0.2) is 0 Å². The largest absolute Gasteiger partial charge is 0.468 e. The molecule has 2 rings (SSSR count). The fourth-order valence-electron chi connectivity index (χ4n) is 2.42. The average molecular weight is 232 g/mol. The van der Waals surface area contributed by atoms with Crippen molar-refractivity contribution in [2.45, 2.75) is 48.5 Å². The number of hydrogen-bond donors (Lipinski definition) is 0. The lowest BCUT2D eigenvalue weighted by Gasteiger charge is -2.18. The van der Waals surface area contributed by atoms with E-state index < -0.39 is 20.6 Å². The van der Waals surface area contributed by atoms with Crippen LogP contribution >= 0.6 is 0 Å². The molecule has 4 nitrogen and oxygen atoms in total. The van der Waals surface area contributed by atoms with E-state index in [-0.39, 0.29) is 5.25 Å². The van der Waals surface area contributed by atoms with Crippen LogP contribution < -0.4 is 0 Å². The van der Waals surface area contributed by atoms with Crippen molar-refractivity contribution in [1.29, 1.82) is 0 Å². The molecule has 2 aliphatic carbocycles. The summed E-state index contributed by atoms with van der Waals surface area (Å²) in [6.07, 6.45) is 4.22. The van der Waals surface area contributed by atoms with E-state index in [0.29, 0.717) is 25.7 Å². The number of carbonyl (C=O) groups is 1. The third kappa shape index (κ3) is 1.48. The highest BCUT2D eigenvalue weighted by Crippen LogP contribution is 2.48. The molecule has 0 unspecified atom stereocenters. The number of carbonyl (C=O) groups excluding carboxylic acids is 1. The fraction of sp³-hybridized carbons (Fsp3) is 0.900. The third-order valence-corrected chi connectivity index (χ3v) is 6.56. The summed E-state index contributed by atoms with van der Waals surface area (Å²) in [4.78, 5) is 11.5. The van der Waals surface area contributed by atoms with E-state index in [1.165, 1.54) is 7.11 Å². The first kappa shape index (κ1) is 10.9. The molecule has 0 bridgehead atoms. The summed E-state index contributed by atoms with van der Waals surface area (Å²) >= 11 is 0. The molecule has 2 fully saturated rings. The van der Waals surface area contributed by atoms with Gasteiger partial charge >= 0.3 is 5.97 Å². The summed E-state index contributed by atoms with van der Waals surface area (Å²) < 4.78 is 27.9. The van der Waals surface area contributed by atoms with Crippen LogP contribution in [0.5, 0.6) is 0 Å². The van der Waals surface area contributed by atoms with Crippen molar-refractivity contribution < 1.29 is 17.9 Å². The average Bonchev–Trinajstić information content (AvgIpc) is 2.85. The molecule has 0 heterocycles. The summed E-state index contributed by atoms with van der Waals surface area (Å²) in [6.45, 7) is 0. The molecular weight excluding hydrogens is 216 g/mol. The molecule has 0 saturated heterocycles. The first-order chi connectivity index (χ1) is 7.04. The van der Waals surface area contributed by atoms with Gasteiger partial charge in [0.05, 0.1) is 12.4 Å². The predicted octanol–water partition coefficient (Wildman–Crippen LogP) is 1.05. The highest BCUT2D eigenvalue weighted by atomic mass is 32.2. The van der Waals surface area contributed by atoms with E-state index in [9.17, 15) is 13.2 Å². The summed E-state index contributed by atoms with van der Waals surface area (Å²) in [5.74, 6) is -0.561. The van der Waals surface area contributed by atoms with Crippen molar-refractivity contribution in [1.82, 2.24) is 0 Å². The number of ether oxygens (including phenoxy) is 1. The molecular formula is C10H16O4S. The van der Waals surface area contributed by atoms with E-state index in [1.54, 1.807) is 0 Å². The SMILES string of the molecule is COC(=O)C1(S(=O)(=O)C2CCCC2)CC1. The number of esters is 1. The zero-order valence-corrected chi connectivity index (χ0v) is 9.68. The van der Waals surface area contributed by atoms with Crippen LogP contribution in [0.3, 0.4) is 0 Å². The molecule has 15 heavy (non-hydrogen) atoms. The monoisotopic (exact) mass is 232 g/mol. The molecule has 0 N–H and O–H groups in total. The first-order valence-electron chi connectivity index (χ1n) is 5.36. The van der Waals surface area contributed by atoms with E-state index in [2.05, 4.69) is 4.74 Å². The molecule has 0 spiro atoms. The highest BCUT2D eigenvalue weighted by Gasteiger charge is 2.63. The molecule has 0 amide bonds. The van der Waals surface area contributed by atoms with Crippen LogP contribution in [0.2, 0.25) is 0 Å². The minimum Gasteiger partial charge on any atom is -0.468 e. The van der Waals surface area contributed by atoms with Crippen molar-refractivity contribution in [3.8, 4) is 0 Å². The van der Waals surface area contributed by atoms with Gasteiger partial charge in [0.15, 0.2) is 14.6 Å². The summed E-state index contributed by atoms with van der Waals surface area (Å²) in [5.41, 5.74) is 0. The van der Waals surface area contributed by atoms with E-state index >= 15 is 0 Å². The molecule has 0 radical (unpaired) electrons. The topological polar surface area (TPSA) is 60.4 Å². The zero-order valence-electron chi connectivity index (χ0n) is 8.86. The zero-order chi connectivity index (χ0) is 11.1. The van der Waals surface area contributed by atoms with Crippen LogP contribution in [0.4, 0.5) is 0 Å². The van der Waals surface area contributed by atoms with Gasteiger partial charge in [-0.1, -0.05) is 12.8 Å². The minimum absolute atomic E-state index is 0.306. The van der Waals surface area contributed by atoms with Gasteiger partial charge in [0.25, 0.3) is 0 Å². The standard InChI is InChI=1S/C10H16O4S/c1-14-9(11)10(6-7-10)15(12,13)8-4-2-3-5-8/h8H,2-7H2,1H3. The van der Waals surface area contributed by atoms with Gasteiger partial charge in [-0.05, 0) is 25.7 Å². The maximum absolute atomic E-state index is 12.2. The van der Waals surface area contributed by atoms with Crippen LogP contribution in [0, 0.1) is 0 Å². The van der Waals surface area contributed by atoms with Gasteiger partial charge in [-0.15, -0.1) is 0 Å². The second kappa shape index (κ2) is 3.47. The van der Waals surface area contributed by atoms with Crippen molar-refractivity contribution in [3.63, 3.8) is 0 Å². The third-order valence-electron chi connectivity index (χ3n) is 3.55. The number of hydrogen-bond acceptors (Lipinski definition) is 4. The lowest BCUT2D eigenvalue weighted by molar-refractivity contribution is -0.141. The summed E-state index contributed by atoms with van der Waals surface area (Å²) in [7, 11) is -2.06. The summed E-state index contributed by atoms with van der Waals surface area (Å²) in [5, 5.41) is -0.306. The van der Waals surface area contributed by atoms with Gasteiger partial charge in [-0.2, -0.15) is 0 Å². The normalized spacial score (nSPS) is 25.1. The molecule has 0 aromatic rings. The number of rotatable bonds is 3.